The Labute approximate surface area is 59.6 Å². The summed E-state index contributed by atoms with van der Waals surface area (Å²) in [5.41, 5.74) is 0. The van der Waals surface area contributed by atoms with E-state index in [4.69, 9.17) is 10.2 Å². The molecule has 9 heavy (non-hydrogen) atoms. The molecule has 1 unspecified atom stereocenters. The van der Waals surface area contributed by atoms with Gasteiger partial charge in [0.15, 0.2) is 0 Å². The minimum atomic E-state index is -1.77. The smallest absolute Gasteiger partial charge is 0.244 e. The molecule has 54 valence electrons. The molecule has 0 aliphatic heterocycles. The highest BCUT2D eigenvalue weighted by molar-refractivity contribution is 9.10. The first kappa shape index (κ1) is 8.80. The predicted molar refractivity (Wildman–Crippen MR) is 32.8 cm³/mol. The summed E-state index contributed by atoms with van der Waals surface area (Å²) in [5.74, 6) is 0. The number of hydrogen-bond acceptors (Lipinski definition) is 4. The number of halogens is 1. The van der Waals surface area contributed by atoms with Crippen LogP contribution in [0.2, 0.25) is 0 Å². The lowest BCUT2D eigenvalue weighted by Crippen LogP contribution is -2.33. The van der Waals surface area contributed by atoms with Crippen LogP contribution in [0.25, 0.3) is 0 Å². The summed E-state index contributed by atoms with van der Waals surface area (Å²) >= 11 is 2.55. The number of hydrogen-bond donors (Lipinski definition) is 2. The molecule has 0 aromatic rings. The summed E-state index contributed by atoms with van der Waals surface area (Å²) in [5, 5.41) is 26.6. The van der Waals surface area contributed by atoms with Crippen molar-refractivity contribution in [1.29, 1.82) is 0 Å². The molecule has 0 saturated heterocycles. The Balaban J connectivity index is 3.71. The first-order chi connectivity index (χ1) is 3.98. The van der Waals surface area contributed by atoms with Crippen LogP contribution in [0, 0.1) is 10.1 Å². The van der Waals surface area contributed by atoms with Crippen LogP contribution in [0.3, 0.4) is 0 Å². The van der Waals surface area contributed by atoms with Gasteiger partial charge in [-0.2, -0.15) is 0 Å². The van der Waals surface area contributed by atoms with Crippen LogP contribution in [-0.2, 0) is 0 Å². The second-order valence-electron chi connectivity index (χ2n) is 1.57. The average molecular weight is 200 g/mol. The van der Waals surface area contributed by atoms with E-state index in [1.54, 1.807) is 0 Å². The summed E-state index contributed by atoms with van der Waals surface area (Å²) in [4.78, 5) is 8.96. The molecule has 0 aliphatic rings. The lowest BCUT2D eigenvalue weighted by atomic mass is 10.4. The van der Waals surface area contributed by atoms with E-state index in [9.17, 15) is 10.1 Å². The minimum Gasteiger partial charge on any atom is -0.392 e. The lowest BCUT2D eigenvalue weighted by Gasteiger charge is -2.10. The number of rotatable bonds is 3. The summed E-state index contributed by atoms with van der Waals surface area (Å²) in [7, 11) is 0. The van der Waals surface area contributed by atoms with Gasteiger partial charge in [0.25, 0.3) is 0 Å². The van der Waals surface area contributed by atoms with Gasteiger partial charge in [-0.15, -0.1) is 0 Å². The van der Waals surface area contributed by atoms with E-state index in [1.807, 2.05) is 0 Å². The lowest BCUT2D eigenvalue weighted by molar-refractivity contribution is -0.493. The van der Waals surface area contributed by atoms with E-state index in [2.05, 4.69) is 15.9 Å². The zero-order valence-corrected chi connectivity index (χ0v) is 6.04. The summed E-state index contributed by atoms with van der Waals surface area (Å²) in [6.45, 7) is -1.38. The number of aliphatic hydroxyl groups excluding tert-OH is 1. The number of nitro groups is 1. The Morgan fingerprint density at radius 3 is 2.33 bits per heavy atom. The Morgan fingerprint density at radius 1 is 1.78 bits per heavy atom. The Bertz CT molecular complexity index is 114. The van der Waals surface area contributed by atoms with Gasteiger partial charge >= 0.3 is 0 Å². The van der Waals surface area contributed by atoms with Crippen molar-refractivity contribution in [1.82, 2.24) is 0 Å². The van der Waals surface area contributed by atoms with E-state index in [0.29, 0.717) is 0 Å². The standard InChI is InChI=1S/C3H6BrNO4/c4-3(7,2-6)1-5(8)9/h6-7H,1-2H2. The van der Waals surface area contributed by atoms with Crippen LogP contribution < -0.4 is 0 Å². The minimum absolute atomic E-state index is 0.673. The molecule has 0 radical (unpaired) electrons. The van der Waals surface area contributed by atoms with E-state index in [1.165, 1.54) is 0 Å². The van der Waals surface area contributed by atoms with Crippen molar-refractivity contribution in [2.45, 2.75) is 4.51 Å². The van der Waals surface area contributed by atoms with Crippen molar-refractivity contribution >= 4 is 15.9 Å². The number of aliphatic hydroxyl groups is 2. The van der Waals surface area contributed by atoms with Crippen LogP contribution in [0.1, 0.15) is 0 Å². The van der Waals surface area contributed by atoms with Gasteiger partial charge in [-0.25, -0.2) is 0 Å². The highest BCUT2D eigenvalue weighted by Crippen LogP contribution is 2.11. The Kier molecular flexibility index (Phi) is 3.02. The van der Waals surface area contributed by atoms with Gasteiger partial charge in [-0.3, -0.25) is 10.1 Å². The maximum atomic E-state index is 9.68. The van der Waals surface area contributed by atoms with Crippen molar-refractivity contribution in [3.63, 3.8) is 0 Å². The monoisotopic (exact) mass is 199 g/mol. The van der Waals surface area contributed by atoms with E-state index >= 15 is 0 Å². The normalized spacial score (nSPS) is 16.8. The summed E-state index contributed by atoms with van der Waals surface area (Å²) < 4.78 is -1.77. The van der Waals surface area contributed by atoms with Crippen molar-refractivity contribution in [2.24, 2.45) is 0 Å². The van der Waals surface area contributed by atoms with Crippen LogP contribution in [0.5, 0.6) is 0 Å². The molecule has 0 heterocycles. The molecular weight excluding hydrogens is 194 g/mol. The van der Waals surface area contributed by atoms with Crippen LogP contribution in [0.4, 0.5) is 0 Å². The van der Waals surface area contributed by atoms with Crippen molar-refractivity contribution < 1.29 is 15.1 Å². The van der Waals surface area contributed by atoms with E-state index < -0.39 is 22.6 Å². The van der Waals surface area contributed by atoms with Gasteiger partial charge in [0, 0.05) is 4.92 Å². The molecule has 2 N–H and O–H groups in total. The maximum absolute atomic E-state index is 9.68. The third-order valence-electron chi connectivity index (χ3n) is 0.614. The van der Waals surface area contributed by atoms with Gasteiger partial charge in [0.05, 0.1) is 6.61 Å². The molecule has 0 bridgehead atoms. The second kappa shape index (κ2) is 3.09. The van der Waals surface area contributed by atoms with Crippen LogP contribution in [-0.4, -0.2) is 32.8 Å². The van der Waals surface area contributed by atoms with Gasteiger partial charge in [-0.05, 0) is 15.9 Å². The largest absolute Gasteiger partial charge is 0.392 e. The highest BCUT2D eigenvalue weighted by Gasteiger charge is 2.28. The molecule has 0 rings (SSSR count). The van der Waals surface area contributed by atoms with E-state index in [0.717, 1.165) is 0 Å². The molecule has 1 atom stereocenters. The first-order valence-electron chi connectivity index (χ1n) is 2.12. The highest BCUT2D eigenvalue weighted by atomic mass is 79.9. The third-order valence-corrected chi connectivity index (χ3v) is 1.12. The van der Waals surface area contributed by atoms with Gasteiger partial charge in [0.1, 0.15) is 0 Å². The fraction of sp³-hybridized carbons (Fsp3) is 1.00. The maximum Gasteiger partial charge on any atom is 0.244 e. The molecule has 0 aromatic heterocycles. The second-order valence-corrected chi connectivity index (χ2v) is 3.04. The predicted octanol–water partition coefficient (Wildman–Crippen LogP) is -0.661. The molecule has 0 aromatic carbocycles. The van der Waals surface area contributed by atoms with Crippen molar-refractivity contribution in [3.05, 3.63) is 10.1 Å². The molecule has 0 spiro atoms. The first-order valence-corrected chi connectivity index (χ1v) is 2.91. The van der Waals surface area contributed by atoms with Gasteiger partial charge in [0.2, 0.25) is 11.1 Å². The Morgan fingerprint density at radius 2 is 2.22 bits per heavy atom. The fourth-order valence-electron chi connectivity index (χ4n) is 0.248. The SMILES string of the molecule is O=[N+]([O-])CC(O)(Br)CO. The third kappa shape index (κ3) is 4.31. The average Bonchev–Trinajstić information content (AvgIpc) is 1.63. The van der Waals surface area contributed by atoms with Crippen LogP contribution in [0.15, 0.2) is 0 Å². The Hall–Kier alpha value is -0.200. The van der Waals surface area contributed by atoms with E-state index in [-0.39, 0.29) is 0 Å². The van der Waals surface area contributed by atoms with Crippen molar-refractivity contribution in [2.75, 3.05) is 13.2 Å². The van der Waals surface area contributed by atoms with Crippen LogP contribution >= 0.6 is 15.9 Å². The van der Waals surface area contributed by atoms with Gasteiger partial charge < -0.3 is 10.2 Å². The molecule has 0 amide bonds. The molecule has 0 aliphatic carbocycles. The topological polar surface area (TPSA) is 83.6 Å². The fourth-order valence-corrected chi connectivity index (χ4v) is 0.453. The molecule has 0 fully saturated rings. The van der Waals surface area contributed by atoms with Crippen molar-refractivity contribution in [3.8, 4) is 0 Å². The summed E-state index contributed by atoms with van der Waals surface area (Å²) in [6, 6.07) is 0. The molecule has 5 nitrogen and oxygen atoms in total. The molecule has 0 saturated carbocycles. The van der Waals surface area contributed by atoms with Gasteiger partial charge in [-0.1, -0.05) is 0 Å². The molecule has 6 heteroatoms. The quantitative estimate of drug-likeness (QED) is 0.359. The zero-order valence-electron chi connectivity index (χ0n) is 4.45. The molecular formula is C3H6BrNO4. The number of alkyl halides is 1. The zero-order chi connectivity index (χ0) is 7.49. The summed E-state index contributed by atoms with van der Waals surface area (Å²) in [6.07, 6.45) is 0. The number of nitrogens with zero attached hydrogens (tertiary/aromatic N) is 1.